The fourth-order valence-corrected chi connectivity index (χ4v) is 1.99. The average Bonchev–Trinajstić information content (AvgIpc) is 2.74. The number of hydrogen-bond acceptors (Lipinski definition) is 3. The number of rotatable bonds is 3. The van der Waals surface area contributed by atoms with Crippen molar-refractivity contribution in [3.63, 3.8) is 0 Å². The van der Waals surface area contributed by atoms with Gasteiger partial charge in [-0.15, -0.1) is 0 Å². The van der Waals surface area contributed by atoms with Gasteiger partial charge in [0.2, 0.25) is 0 Å². The van der Waals surface area contributed by atoms with Gasteiger partial charge in [-0.2, -0.15) is 5.10 Å². The Bertz CT molecular complexity index is 704. The molecule has 0 aliphatic heterocycles. The lowest BCUT2D eigenvalue weighted by molar-refractivity contribution is 0.307. The molecule has 0 N–H and O–H groups in total. The molecule has 2 heterocycles. The molecule has 0 amide bonds. The lowest BCUT2D eigenvalue weighted by atomic mass is 10.2. The number of benzene rings is 1. The van der Waals surface area contributed by atoms with Gasteiger partial charge in [-0.05, 0) is 19.4 Å². The van der Waals surface area contributed by atoms with E-state index in [1.807, 2.05) is 54.8 Å². The zero-order valence-electron chi connectivity index (χ0n) is 11.0. The van der Waals surface area contributed by atoms with Crippen LogP contribution in [-0.2, 0) is 6.61 Å². The van der Waals surface area contributed by atoms with Crippen molar-refractivity contribution >= 4 is 5.65 Å². The van der Waals surface area contributed by atoms with E-state index in [1.165, 1.54) is 0 Å². The standard InChI is InChI=1S/C15H15N3O/c1-11-12(2)18-15(17-11)14(8-9-16-18)19-10-13-6-4-3-5-7-13/h3-9H,10H2,1-2H3. The topological polar surface area (TPSA) is 39.4 Å². The van der Waals surface area contributed by atoms with E-state index in [0.717, 1.165) is 28.3 Å². The quantitative estimate of drug-likeness (QED) is 0.720. The first-order valence-electron chi connectivity index (χ1n) is 6.23. The summed E-state index contributed by atoms with van der Waals surface area (Å²) >= 11 is 0. The van der Waals surface area contributed by atoms with Crippen LogP contribution in [0.4, 0.5) is 0 Å². The highest BCUT2D eigenvalue weighted by molar-refractivity contribution is 5.54. The number of hydrogen-bond donors (Lipinski definition) is 0. The number of imidazole rings is 1. The van der Waals surface area contributed by atoms with Crippen LogP contribution in [0.25, 0.3) is 5.65 Å². The second kappa shape index (κ2) is 4.72. The molecule has 0 atom stereocenters. The van der Waals surface area contributed by atoms with E-state index in [-0.39, 0.29) is 0 Å². The first-order chi connectivity index (χ1) is 9.25. The Balaban J connectivity index is 1.91. The predicted molar refractivity (Wildman–Crippen MR) is 73.2 cm³/mol. The molecule has 2 aromatic heterocycles. The second-order valence-corrected chi connectivity index (χ2v) is 4.49. The Labute approximate surface area is 111 Å². The molecule has 0 radical (unpaired) electrons. The number of fused-ring (bicyclic) bond motifs is 1. The Morgan fingerprint density at radius 1 is 1.11 bits per heavy atom. The summed E-state index contributed by atoms with van der Waals surface area (Å²) in [4.78, 5) is 4.50. The molecule has 4 nitrogen and oxygen atoms in total. The maximum atomic E-state index is 5.85. The highest BCUT2D eigenvalue weighted by atomic mass is 16.5. The zero-order valence-corrected chi connectivity index (χ0v) is 11.0. The minimum absolute atomic E-state index is 0.533. The van der Waals surface area contributed by atoms with Gasteiger partial charge in [-0.25, -0.2) is 9.50 Å². The summed E-state index contributed by atoms with van der Waals surface area (Å²) in [5.41, 5.74) is 3.93. The zero-order chi connectivity index (χ0) is 13.2. The van der Waals surface area contributed by atoms with Crippen LogP contribution in [0.5, 0.6) is 5.75 Å². The van der Waals surface area contributed by atoms with Crippen LogP contribution in [0.1, 0.15) is 17.0 Å². The van der Waals surface area contributed by atoms with Crippen molar-refractivity contribution in [1.29, 1.82) is 0 Å². The monoisotopic (exact) mass is 253 g/mol. The Kier molecular flexibility index (Phi) is 2.91. The molecule has 0 fully saturated rings. The van der Waals surface area contributed by atoms with Gasteiger partial charge in [-0.1, -0.05) is 30.3 Å². The summed E-state index contributed by atoms with van der Waals surface area (Å²) in [5.74, 6) is 0.759. The van der Waals surface area contributed by atoms with Crippen molar-refractivity contribution in [2.75, 3.05) is 0 Å². The molecule has 0 bridgehead atoms. The Morgan fingerprint density at radius 3 is 2.68 bits per heavy atom. The van der Waals surface area contributed by atoms with Crippen LogP contribution >= 0.6 is 0 Å². The van der Waals surface area contributed by atoms with Crippen molar-refractivity contribution in [1.82, 2.24) is 14.6 Å². The van der Waals surface area contributed by atoms with Crippen LogP contribution in [0.15, 0.2) is 42.6 Å². The van der Waals surface area contributed by atoms with Crippen LogP contribution in [-0.4, -0.2) is 14.6 Å². The molecule has 0 saturated heterocycles. The molecular weight excluding hydrogens is 238 g/mol. The van der Waals surface area contributed by atoms with Crippen molar-refractivity contribution in [3.05, 3.63) is 59.5 Å². The van der Waals surface area contributed by atoms with Gasteiger partial charge >= 0.3 is 0 Å². The van der Waals surface area contributed by atoms with Crippen LogP contribution in [0.3, 0.4) is 0 Å². The molecule has 3 aromatic rings. The molecule has 19 heavy (non-hydrogen) atoms. The molecule has 0 aliphatic rings. The summed E-state index contributed by atoms with van der Waals surface area (Å²) in [6.07, 6.45) is 1.74. The maximum absolute atomic E-state index is 5.85. The summed E-state index contributed by atoms with van der Waals surface area (Å²) < 4.78 is 7.67. The van der Waals surface area contributed by atoms with Crippen molar-refractivity contribution < 1.29 is 4.74 Å². The minimum atomic E-state index is 0.533. The number of nitrogens with zero attached hydrogens (tertiary/aromatic N) is 3. The van der Waals surface area contributed by atoms with E-state index in [2.05, 4.69) is 10.1 Å². The van der Waals surface area contributed by atoms with E-state index < -0.39 is 0 Å². The van der Waals surface area contributed by atoms with E-state index in [1.54, 1.807) is 6.20 Å². The van der Waals surface area contributed by atoms with Gasteiger partial charge in [0, 0.05) is 6.07 Å². The molecule has 0 aliphatic carbocycles. The molecule has 0 spiro atoms. The number of ether oxygens (including phenoxy) is 1. The SMILES string of the molecule is Cc1nc2c(OCc3ccccc3)ccnn2c1C. The third-order valence-electron chi connectivity index (χ3n) is 3.18. The molecular formula is C15H15N3O. The largest absolute Gasteiger partial charge is 0.485 e. The van der Waals surface area contributed by atoms with Gasteiger partial charge in [0.15, 0.2) is 11.4 Å². The molecule has 96 valence electrons. The van der Waals surface area contributed by atoms with Crippen molar-refractivity contribution in [3.8, 4) is 5.75 Å². The molecule has 0 saturated carbocycles. The van der Waals surface area contributed by atoms with Gasteiger partial charge in [0.1, 0.15) is 6.61 Å². The number of aryl methyl sites for hydroxylation is 2. The summed E-state index contributed by atoms with van der Waals surface area (Å²) in [5, 5.41) is 4.29. The molecule has 0 unspecified atom stereocenters. The van der Waals surface area contributed by atoms with Gasteiger partial charge in [-0.3, -0.25) is 0 Å². The van der Waals surface area contributed by atoms with Gasteiger partial charge < -0.3 is 4.74 Å². The van der Waals surface area contributed by atoms with E-state index in [9.17, 15) is 0 Å². The van der Waals surface area contributed by atoms with Crippen molar-refractivity contribution in [2.24, 2.45) is 0 Å². The first-order valence-corrected chi connectivity index (χ1v) is 6.23. The number of aromatic nitrogens is 3. The lowest BCUT2D eigenvalue weighted by Gasteiger charge is -2.07. The van der Waals surface area contributed by atoms with E-state index >= 15 is 0 Å². The normalized spacial score (nSPS) is 10.8. The smallest absolute Gasteiger partial charge is 0.196 e. The Hall–Kier alpha value is -2.36. The third-order valence-corrected chi connectivity index (χ3v) is 3.18. The summed E-state index contributed by atoms with van der Waals surface area (Å²) in [7, 11) is 0. The van der Waals surface area contributed by atoms with E-state index in [4.69, 9.17) is 4.74 Å². The third kappa shape index (κ3) is 2.17. The summed E-state index contributed by atoms with van der Waals surface area (Å²) in [6.45, 7) is 4.51. The molecule has 3 rings (SSSR count). The summed E-state index contributed by atoms with van der Waals surface area (Å²) in [6, 6.07) is 11.9. The fourth-order valence-electron chi connectivity index (χ4n) is 1.99. The Morgan fingerprint density at radius 2 is 1.89 bits per heavy atom. The average molecular weight is 253 g/mol. The first kappa shape index (κ1) is 11.7. The predicted octanol–water partition coefficient (Wildman–Crippen LogP) is 2.93. The molecule has 4 heteroatoms. The van der Waals surface area contributed by atoms with Crippen molar-refractivity contribution in [2.45, 2.75) is 20.5 Å². The van der Waals surface area contributed by atoms with E-state index in [0.29, 0.717) is 6.61 Å². The van der Waals surface area contributed by atoms with Crippen LogP contribution in [0.2, 0.25) is 0 Å². The minimum Gasteiger partial charge on any atom is -0.485 e. The van der Waals surface area contributed by atoms with Gasteiger partial charge in [0.25, 0.3) is 0 Å². The second-order valence-electron chi connectivity index (χ2n) is 4.49. The maximum Gasteiger partial charge on any atom is 0.196 e. The lowest BCUT2D eigenvalue weighted by Crippen LogP contribution is -2.00. The van der Waals surface area contributed by atoms with Crippen LogP contribution in [0, 0.1) is 13.8 Å². The van der Waals surface area contributed by atoms with Crippen LogP contribution < -0.4 is 4.74 Å². The van der Waals surface area contributed by atoms with Gasteiger partial charge in [0.05, 0.1) is 17.6 Å². The highest BCUT2D eigenvalue weighted by Crippen LogP contribution is 2.21. The fraction of sp³-hybridized carbons (Fsp3) is 0.200. The highest BCUT2D eigenvalue weighted by Gasteiger charge is 2.10. The molecule has 1 aromatic carbocycles.